The molecular formula is C18H14ClN3O3S. The van der Waals surface area contributed by atoms with Gasteiger partial charge in [0.25, 0.3) is 10.0 Å². The highest BCUT2D eigenvalue weighted by Gasteiger charge is 2.33. The largest absolute Gasteiger partial charge is 0.312 e. The van der Waals surface area contributed by atoms with E-state index in [2.05, 4.69) is 4.72 Å². The van der Waals surface area contributed by atoms with Crippen LogP contribution in [0.1, 0.15) is 23.1 Å². The third-order valence-electron chi connectivity index (χ3n) is 4.68. The normalized spacial score (nSPS) is 15.5. The maximum atomic E-state index is 12.9. The van der Waals surface area contributed by atoms with Crippen LogP contribution < -0.4 is 9.62 Å². The fourth-order valence-corrected chi connectivity index (χ4v) is 4.83. The molecule has 0 aliphatic carbocycles. The number of benzene rings is 2. The number of aryl methyl sites for hydroxylation is 1. The topological polar surface area (TPSA) is 90.3 Å². The Kier molecular flexibility index (Phi) is 3.90. The first-order chi connectivity index (χ1) is 12.4. The number of anilines is 2. The number of rotatable bonds is 3. The highest BCUT2D eigenvalue weighted by molar-refractivity contribution is 7.92. The lowest BCUT2D eigenvalue weighted by Crippen LogP contribution is -2.33. The van der Waals surface area contributed by atoms with Gasteiger partial charge in [0.1, 0.15) is 6.07 Å². The minimum Gasteiger partial charge on any atom is -0.312 e. The molecular weight excluding hydrogens is 374 g/mol. The molecule has 2 aliphatic heterocycles. The molecule has 0 unspecified atom stereocenters. The number of nitriles is 1. The van der Waals surface area contributed by atoms with Crippen LogP contribution in [-0.4, -0.2) is 20.9 Å². The molecule has 26 heavy (non-hydrogen) atoms. The molecule has 2 heterocycles. The number of halogens is 1. The lowest BCUT2D eigenvalue weighted by molar-refractivity contribution is -0.118. The number of hydrogen-bond acceptors (Lipinski definition) is 4. The van der Waals surface area contributed by atoms with Gasteiger partial charge in [-0.25, -0.2) is 8.42 Å². The number of nitrogens with zero attached hydrogens (tertiary/aromatic N) is 2. The van der Waals surface area contributed by atoms with Crippen molar-refractivity contribution in [2.24, 2.45) is 0 Å². The van der Waals surface area contributed by atoms with Crippen molar-refractivity contribution < 1.29 is 13.2 Å². The van der Waals surface area contributed by atoms with Crippen molar-refractivity contribution >= 4 is 38.9 Å². The average Bonchev–Trinajstić information content (AvgIpc) is 3.03. The van der Waals surface area contributed by atoms with E-state index in [9.17, 15) is 18.5 Å². The fourth-order valence-electron chi connectivity index (χ4n) is 3.48. The smallest absolute Gasteiger partial charge is 0.261 e. The Balaban J connectivity index is 1.76. The van der Waals surface area contributed by atoms with Gasteiger partial charge in [-0.1, -0.05) is 11.6 Å². The third kappa shape index (κ3) is 2.71. The maximum absolute atomic E-state index is 12.9. The molecule has 2 aromatic carbocycles. The van der Waals surface area contributed by atoms with Crippen LogP contribution in [0, 0.1) is 11.3 Å². The van der Waals surface area contributed by atoms with Crippen LogP contribution in [0.2, 0.25) is 5.02 Å². The predicted octanol–water partition coefficient (Wildman–Crippen LogP) is 2.85. The highest BCUT2D eigenvalue weighted by atomic mass is 35.5. The second kappa shape index (κ2) is 6.01. The summed E-state index contributed by atoms with van der Waals surface area (Å²) in [4.78, 5) is 13.9. The number of hydrogen-bond donors (Lipinski definition) is 1. The standard InChI is InChI=1S/C18H14ClN3O3S/c19-14-3-1-13(10-20)16(9-14)21-26(24,25)15-7-11-2-4-17(23)22-6-5-12(8-15)18(11)22/h1,3,7-9,21H,2,4-6H2. The molecule has 8 heteroatoms. The molecule has 0 spiro atoms. The zero-order chi connectivity index (χ0) is 18.5. The highest BCUT2D eigenvalue weighted by Crippen LogP contribution is 2.38. The van der Waals surface area contributed by atoms with Gasteiger partial charge in [0.2, 0.25) is 5.91 Å². The Bertz CT molecular complexity index is 1090. The summed E-state index contributed by atoms with van der Waals surface area (Å²) in [6.45, 7) is 0.588. The summed E-state index contributed by atoms with van der Waals surface area (Å²) in [6.07, 6.45) is 1.55. The van der Waals surface area contributed by atoms with Crippen LogP contribution in [0.15, 0.2) is 35.2 Å². The molecule has 0 saturated carbocycles. The van der Waals surface area contributed by atoms with Gasteiger partial charge < -0.3 is 4.90 Å². The summed E-state index contributed by atoms with van der Waals surface area (Å²) in [5, 5.41) is 9.52. The summed E-state index contributed by atoms with van der Waals surface area (Å²) in [7, 11) is -3.89. The summed E-state index contributed by atoms with van der Waals surface area (Å²) >= 11 is 5.93. The average molecular weight is 388 g/mol. The number of amides is 1. The van der Waals surface area contributed by atoms with E-state index in [-0.39, 0.29) is 22.1 Å². The molecule has 4 rings (SSSR count). The zero-order valence-corrected chi connectivity index (χ0v) is 15.2. The van der Waals surface area contributed by atoms with Crippen LogP contribution in [0.5, 0.6) is 0 Å². The van der Waals surface area contributed by atoms with Crippen molar-refractivity contribution in [3.63, 3.8) is 0 Å². The van der Waals surface area contributed by atoms with E-state index in [1.165, 1.54) is 18.2 Å². The molecule has 0 radical (unpaired) electrons. The van der Waals surface area contributed by atoms with Gasteiger partial charge in [0, 0.05) is 18.0 Å². The van der Waals surface area contributed by atoms with Crippen LogP contribution in [0.3, 0.4) is 0 Å². The Morgan fingerprint density at radius 1 is 1.12 bits per heavy atom. The Morgan fingerprint density at radius 3 is 2.58 bits per heavy atom. The maximum Gasteiger partial charge on any atom is 0.261 e. The van der Waals surface area contributed by atoms with Gasteiger partial charge in [-0.2, -0.15) is 5.26 Å². The first kappa shape index (κ1) is 16.9. The van der Waals surface area contributed by atoms with E-state index in [1.807, 2.05) is 6.07 Å². The van der Waals surface area contributed by atoms with Crippen LogP contribution in [0.4, 0.5) is 11.4 Å². The molecule has 132 valence electrons. The number of carbonyl (C=O) groups is 1. The lowest BCUT2D eigenvalue weighted by atomic mass is 10.00. The van der Waals surface area contributed by atoms with Gasteiger partial charge in [-0.15, -0.1) is 0 Å². The molecule has 2 aromatic rings. The number of carbonyl (C=O) groups excluding carboxylic acids is 1. The van der Waals surface area contributed by atoms with Gasteiger partial charge in [0.15, 0.2) is 0 Å². The molecule has 2 aliphatic rings. The summed E-state index contributed by atoms with van der Waals surface area (Å²) in [5.74, 6) is 0.0857. The second-order valence-electron chi connectivity index (χ2n) is 6.29. The molecule has 0 aromatic heterocycles. The van der Waals surface area contributed by atoms with E-state index in [1.54, 1.807) is 17.0 Å². The fraction of sp³-hybridized carbons (Fsp3) is 0.222. The molecule has 0 fully saturated rings. The Hall–Kier alpha value is -2.56. The van der Waals surface area contributed by atoms with Gasteiger partial charge in [0.05, 0.1) is 21.8 Å². The Labute approximate surface area is 156 Å². The SMILES string of the molecule is N#Cc1ccc(Cl)cc1NS(=O)(=O)c1cc2c3c(c1)CCN3C(=O)CC2. The van der Waals surface area contributed by atoms with Crippen LogP contribution in [-0.2, 0) is 27.7 Å². The van der Waals surface area contributed by atoms with Gasteiger partial charge in [-0.05, 0) is 54.3 Å². The van der Waals surface area contributed by atoms with Crippen molar-refractivity contribution in [3.8, 4) is 6.07 Å². The van der Waals surface area contributed by atoms with Crippen molar-refractivity contribution in [2.75, 3.05) is 16.2 Å². The third-order valence-corrected chi connectivity index (χ3v) is 6.26. The minimum absolute atomic E-state index is 0.0857. The summed E-state index contributed by atoms with van der Waals surface area (Å²) < 4.78 is 28.2. The zero-order valence-electron chi connectivity index (χ0n) is 13.6. The minimum atomic E-state index is -3.89. The van der Waals surface area contributed by atoms with E-state index in [0.29, 0.717) is 30.8 Å². The van der Waals surface area contributed by atoms with E-state index in [4.69, 9.17) is 11.6 Å². The second-order valence-corrected chi connectivity index (χ2v) is 8.41. The monoisotopic (exact) mass is 387 g/mol. The van der Waals surface area contributed by atoms with Crippen molar-refractivity contribution in [3.05, 3.63) is 52.0 Å². The Morgan fingerprint density at radius 2 is 1.85 bits per heavy atom. The van der Waals surface area contributed by atoms with Gasteiger partial charge >= 0.3 is 0 Å². The summed E-state index contributed by atoms with van der Waals surface area (Å²) in [6, 6.07) is 9.58. The molecule has 0 atom stereocenters. The van der Waals surface area contributed by atoms with Crippen molar-refractivity contribution in [2.45, 2.75) is 24.2 Å². The van der Waals surface area contributed by atoms with E-state index < -0.39 is 10.0 Å². The van der Waals surface area contributed by atoms with E-state index >= 15 is 0 Å². The lowest BCUT2D eigenvalue weighted by Gasteiger charge is -2.25. The van der Waals surface area contributed by atoms with Crippen molar-refractivity contribution in [1.29, 1.82) is 5.26 Å². The molecule has 1 N–H and O–H groups in total. The van der Waals surface area contributed by atoms with Crippen LogP contribution >= 0.6 is 11.6 Å². The predicted molar refractivity (Wildman–Crippen MR) is 97.8 cm³/mol. The molecule has 0 bridgehead atoms. The van der Waals surface area contributed by atoms with Crippen LogP contribution in [0.25, 0.3) is 0 Å². The number of sulfonamides is 1. The number of nitrogens with one attached hydrogen (secondary N) is 1. The quantitative estimate of drug-likeness (QED) is 0.876. The molecule has 1 amide bonds. The van der Waals surface area contributed by atoms with Gasteiger partial charge in [-0.3, -0.25) is 9.52 Å². The molecule has 0 saturated heterocycles. The first-order valence-electron chi connectivity index (χ1n) is 8.08. The first-order valence-corrected chi connectivity index (χ1v) is 9.94. The van der Waals surface area contributed by atoms with Crippen molar-refractivity contribution in [1.82, 2.24) is 0 Å². The summed E-state index contributed by atoms with van der Waals surface area (Å²) in [5.41, 5.74) is 2.93. The molecule has 6 nitrogen and oxygen atoms in total. The van der Waals surface area contributed by atoms with E-state index in [0.717, 1.165) is 16.8 Å².